The predicted molar refractivity (Wildman–Crippen MR) is 156 cm³/mol. The van der Waals surface area contributed by atoms with Gasteiger partial charge in [-0.2, -0.15) is 0 Å². The number of allylic oxidation sites excluding steroid dienone is 1. The smallest absolute Gasteiger partial charge is 0.412 e. The van der Waals surface area contributed by atoms with Gasteiger partial charge in [0, 0.05) is 41.3 Å². The van der Waals surface area contributed by atoms with E-state index in [1.807, 2.05) is 60.7 Å². The Kier molecular flexibility index (Phi) is 7.03. The molecule has 0 aliphatic carbocycles. The minimum absolute atomic E-state index is 0.0338. The van der Waals surface area contributed by atoms with Crippen LogP contribution in [-0.2, 0) is 6.54 Å². The number of rotatable bonds is 8. The molecule has 3 aliphatic heterocycles. The topological polar surface area (TPSA) is 65.8 Å². The van der Waals surface area contributed by atoms with E-state index < -0.39 is 6.09 Å². The number of amides is 1. The van der Waals surface area contributed by atoms with E-state index in [2.05, 4.69) is 39.9 Å². The van der Waals surface area contributed by atoms with Crippen molar-refractivity contribution < 1.29 is 14.7 Å². The fraction of sp³-hybridized carbons (Fsp3) is 0.273. The first-order valence-electron chi connectivity index (χ1n) is 13.8. The van der Waals surface area contributed by atoms with Crippen LogP contribution < -0.4 is 4.90 Å². The van der Waals surface area contributed by atoms with Crippen molar-refractivity contribution in [3.63, 3.8) is 0 Å². The van der Waals surface area contributed by atoms with Crippen molar-refractivity contribution >= 4 is 35.0 Å². The molecular weight excluding hydrogens is 486 g/mol. The second kappa shape index (κ2) is 10.9. The molecule has 4 aromatic rings. The van der Waals surface area contributed by atoms with Gasteiger partial charge < -0.3 is 14.6 Å². The van der Waals surface area contributed by atoms with Gasteiger partial charge in [-0.25, -0.2) is 4.79 Å². The van der Waals surface area contributed by atoms with Crippen LogP contribution in [0.5, 0.6) is 0 Å². The van der Waals surface area contributed by atoms with Crippen LogP contribution in [0.15, 0.2) is 85.1 Å². The molecule has 1 aromatic heterocycles. The van der Waals surface area contributed by atoms with E-state index in [9.17, 15) is 14.7 Å². The number of aryl methyl sites for hydroxylation is 1. The molecule has 1 atom stereocenters. The Balaban J connectivity index is 1.27. The molecule has 3 aromatic carbocycles. The van der Waals surface area contributed by atoms with Gasteiger partial charge in [0.1, 0.15) is 6.29 Å². The number of aromatic nitrogens is 1. The maximum Gasteiger partial charge on any atom is 0.412 e. The number of carbonyl (C=O) groups is 2. The van der Waals surface area contributed by atoms with Gasteiger partial charge in [-0.1, -0.05) is 54.6 Å². The molecule has 0 saturated carbocycles. The number of anilines is 1. The summed E-state index contributed by atoms with van der Waals surface area (Å²) in [6.45, 7) is 3.75. The third kappa shape index (κ3) is 5.12. The normalized spacial score (nSPS) is 20.5. The van der Waals surface area contributed by atoms with Crippen LogP contribution >= 0.6 is 0 Å². The number of nitrogens with zero attached hydrogens (tertiary/aromatic N) is 3. The van der Waals surface area contributed by atoms with Crippen LogP contribution in [0.4, 0.5) is 10.5 Å². The summed E-state index contributed by atoms with van der Waals surface area (Å²) in [5.74, 6) is 0.396. The summed E-state index contributed by atoms with van der Waals surface area (Å²) in [7, 11) is 0. The van der Waals surface area contributed by atoms with E-state index in [1.165, 1.54) is 0 Å². The molecule has 0 spiro atoms. The number of carbonyl (C=O) groups excluding carboxylic acids is 1. The zero-order valence-corrected chi connectivity index (χ0v) is 21.9. The van der Waals surface area contributed by atoms with Crippen LogP contribution in [0.25, 0.3) is 28.1 Å². The van der Waals surface area contributed by atoms with Crippen molar-refractivity contribution in [2.75, 3.05) is 24.5 Å². The highest BCUT2D eigenvalue weighted by molar-refractivity contribution is 5.94. The van der Waals surface area contributed by atoms with Crippen LogP contribution in [-0.4, -0.2) is 52.6 Å². The standard InChI is InChI=1S/C33H33N3O3/c37-23-25-10-12-30-28(20-25)15-19-35(30)16-5-4-6-24-9-11-29(26-7-2-1-3-8-26)31(21-24)36(33(38)39)32-22-34-17-13-27(32)14-18-34/h1-4,6-12,15,19-21,23,27,32H,5,13-14,16-18,22H2,(H,38,39). The quantitative estimate of drug-likeness (QED) is 0.260. The van der Waals surface area contributed by atoms with Gasteiger partial charge in [-0.15, -0.1) is 0 Å². The average Bonchev–Trinajstić information content (AvgIpc) is 3.38. The fourth-order valence-corrected chi connectivity index (χ4v) is 6.28. The summed E-state index contributed by atoms with van der Waals surface area (Å²) < 4.78 is 2.19. The van der Waals surface area contributed by atoms with E-state index in [0.717, 1.165) is 85.0 Å². The van der Waals surface area contributed by atoms with E-state index in [4.69, 9.17) is 0 Å². The third-order valence-corrected chi connectivity index (χ3v) is 8.30. The van der Waals surface area contributed by atoms with Crippen LogP contribution in [0.3, 0.4) is 0 Å². The third-order valence-electron chi connectivity index (χ3n) is 8.30. The molecule has 6 heteroatoms. The van der Waals surface area contributed by atoms with Gasteiger partial charge in [0.05, 0.1) is 11.7 Å². The van der Waals surface area contributed by atoms with Gasteiger partial charge in [-0.3, -0.25) is 9.69 Å². The Hall–Kier alpha value is -4.16. The Morgan fingerprint density at radius 2 is 1.77 bits per heavy atom. The van der Waals surface area contributed by atoms with Gasteiger partial charge in [0.2, 0.25) is 0 Å². The Labute approximate surface area is 228 Å². The second-order valence-electron chi connectivity index (χ2n) is 10.6. The summed E-state index contributed by atoms with van der Waals surface area (Å²) >= 11 is 0. The average molecular weight is 520 g/mol. The molecule has 1 amide bonds. The van der Waals surface area contributed by atoms with Crippen molar-refractivity contribution in [2.24, 2.45) is 5.92 Å². The Bertz CT molecular complexity index is 1520. The number of carboxylic acid groups (broad SMARTS) is 1. The second-order valence-corrected chi connectivity index (χ2v) is 10.6. The molecule has 7 rings (SSSR count). The Morgan fingerprint density at radius 1 is 0.974 bits per heavy atom. The van der Waals surface area contributed by atoms with Crippen LogP contribution in [0.2, 0.25) is 0 Å². The van der Waals surface area contributed by atoms with E-state index in [1.54, 1.807) is 4.90 Å². The number of hydrogen-bond acceptors (Lipinski definition) is 3. The van der Waals surface area contributed by atoms with Crippen LogP contribution in [0, 0.1) is 5.92 Å². The van der Waals surface area contributed by atoms with Gasteiger partial charge >= 0.3 is 6.09 Å². The minimum Gasteiger partial charge on any atom is -0.465 e. The van der Waals surface area contributed by atoms with E-state index in [0.29, 0.717) is 11.5 Å². The molecule has 2 bridgehead atoms. The number of fused-ring (bicyclic) bond motifs is 4. The van der Waals surface area contributed by atoms with Gasteiger partial charge in [0.25, 0.3) is 0 Å². The molecule has 4 heterocycles. The summed E-state index contributed by atoms with van der Waals surface area (Å²) in [5, 5.41) is 11.5. The van der Waals surface area contributed by atoms with Crippen molar-refractivity contribution in [1.82, 2.24) is 9.47 Å². The molecule has 1 N–H and O–H groups in total. The lowest BCUT2D eigenvalue weighted by Crippen LogP contribution is -2.59. The van der Waals surface area contributed by atoms with E-state index in [-0.39, 0.29) is 6.04 Å². The van der Waals surface area contributed by atoms with Gasteiger partial charge in [-0.05, 0) is 79.7 Å². The largest absolute Gasteiger partial charge is 0.465 e. The number of aldehydes is 1. The monoisotopic (exact) mass is 519 g/mol. The molecule has 3 aliphatic rings. The summed E-state index contributed by atoms with van der Waals surface area (Å²) in [4.78, 5) is 27.9. The molecule has 6 nitrogen and oxygen atoms in total. The molecular formula is C33H33N3O3. The van der Waals surface area contributed by atoms with Crippen molar-refractivity contribution in [2.45, 2.75) is 31.8 Å². The lowest BCUT2D eigenvalue weighted by molar-refractivity contribution is 0.0838. The number of benzene rings is 3. The Morgan fingerprint density at radius 3 is 2.49 bits per heavy atom. The summed E-state index contributed by atoms with van der Waals surface area (Å²) in [6, 6.07) is 24.0. The van der Waals surface area contributed by atoms with Crippen molar-refractivity contribution in [3.8, 4) is 11.1 Å². The van der Waals surface area contributed by atoms with Crippen molar-refractivity contribution in [3.05, 3.63) is 96.2 Å². The fourth-order valence-electron chi connectivity index (χ4n) is 6.28. The highest BCUT2D eigenvalue weighted by Crippen LogP contribution is 2.39. The van der Waals surface area contributed by atoms with Crippen LogP contribution in [0.1, 0.15) is 35.2 Å². The number of piperidine rings is 3. The summed E-state index contributed by atoms with van der Waals surface area (Å²) in [6.07, 6.45) is 9.22. The SMILES string of the molecule is O=Cc1ccc2c(ccn2CCC=Cc2ccc(-c3ccccc3)c(N(C(=O)O)C3CN4CCC3CC4)c2)c1. The zero-order valence-electron chi connectivity index (χ0n) is 21.9. The molecule has 3 fully saturated rings. The molecule has 198 valence electrons. The lowest BCUT2D eigenvalue weighted by Gasteiger charge is -2.48. The van der Waals surface area contributed by atoms with Gasteiger partial charge in [0.15, 0.2) is 0 Å². The molecule has 39 heavy (non-hydrogen) atoms. The lowest BCUT2D eigenvalue weighted by atomic mass is 9.82. The predicted octanol–water partition coefficient (Wildman–Crippen LogP) is 6.80. The molecule has 3 saturated heterocycles. The highest BCUT2D eigenvalue weighted by Gasteiger charge is 2.40. The maximum absolute atomic E-state index is 12.8. The van der Waals surface area contributed by atoms with E-state index >= 15 is 0 Å². The minimum atomic E-state index is -0.885. The molecule has 1 unspecified atom stereocenters. The first kappa shape index (κ1) is 25.1. The first-order valence-corrected chi connectivity index (χ1v) is 13.8. The summed E-state index contributed by atoms with van der Waals surface area (Å²) in [5.41, 5.74) is 5.51. The maximum atomic E-state index is 12.8. The molecule has 0 radical (unpaired) electrons. The first-order chi connectivity index (χ1) is 19.1. The van der Waals surface area contributed by atoms with Crippen molar-refractivity contribution in [1.29, 1.82) is 0 Å². The number of hydrogen-bond donors (Lipinski definition) is 1. The highest BCUT2D eigenvalue weighted by atomic mass is 16.4. The zero-order chi connectivity index (χ0) is 26.8.